The highest BCUT2D eigenvalue weighted by molar-refractivity contribution is 7.13. The minimum atomic E-state index is 0.583. The van der Waals surface area contributed by atoms with Gasteiger partial charge in [-0.05, 0) is 11.6 Å². The van der Waals surface area contributed by atoms with Crippen LogP contribution in [0.2, 0.25) is 0 Å². The SMILES string of the molecule is C#C.NCc1cccc(-c2nccs2)c1. The van der Waals surface area contributed by atoms with Gasteiger partial charge in [0.1, 0.15) is 5.01 Å². The number of rotatable bonds is 2. The monoisotopic (exact) mass is 216 g/mol. The second-order valence-electron chi connectivity index (χ2n) is 2.74. The van der Waals surface area contributed by atoms with Crippen molar-refractivity contribution in [1.29, 1.82) is 0 Å². The predicted molar refractivity (Wildman–Crippen MR) is 65.3 cm³/mol. The zero-order valence-electron chi connectivity index (χ0n) is 8.26. The molecule has 0 bridgehead atoms. The van der Waals surface area contributed by atoms with Gasteiger partial charge in [-0.2, -0.15) is 0 Å². The molecule has 2 N–H and O–H groups in total. The number of thiazole rings is 1. The molecule has 1 aromatic carbocycles. The summed E-state index contributed by atoms with van der Waals surface area (Å²) in [5.41, 5.74) is 7.85. The molecule has 15 heavy (non-hydrogen) atoms. The van der Waals surface area contributed by atoms with Gasteiger partial charge in [-0.15, -0.1) is 24.2 Å². The molecule has 2 nitrogen and oxygen atoms in total. The van der Waals surface area contributed by atoms with E-state index in [2.05, 4.69) is 30.0 Å². The Balaban J connectivity index is 0.000000531. The van der Waals surface area contributed by atoms with Crippen LogP contribution in [-0.2, 0) is 6.54 Å². The molecule has 0 saturated heterocycles. The lowest BCUT2D eigenvalue weighted by Gasteiger charge is -1.99. The molecule has 3 heteroatoms. The molecule has 0 radical (unpaired) electrons. The van der Waals surface area contributed by atoms with Crippen LogP contribution in [0.25, 0.3) is 10.6 Å². The van der Waals surface area contributed by atoms with Crippen molar-refractivity contribution in [2.45, 2.75) is 6.54 Å². The summed E-state index contributed by atoms with van der Waals surface area (Å²) < 4.78 is 0. The van der Waals surface area contributed by atoms with Crippen LogP contribution >= 0.6 is 11.3 Å². The van der Waals surface area contributed by atoms with E-state index in [1.54, 1.807) is 11.3 Å². The maximum Gasteiger partial charge on any atom is 0.123 e. The van der Waals surface area contributed by atoms with Crippen LogP contribution in [0, 0.1) is 12.8 Å². The molecule has 0 fully saturated rings. The Morgan fingerprint density at radius 3 is 2.73 bits per heavy atom. The van der Waals surface area contributed by atoms with Gasteiger partial charge in [-0.3, -0.25) is 0 Å². The topological polar surface area (TPSA) is 38.9 Å². The van der Waals surface area contributed by atoms with E-state index in [0.29, 0.717) is 6.54 Å². The first kappa shape index (κ1) is 11.4. The number of nitrogens with two attached hydrogens (primary N) is 1. The highest BCUT2D eigenvalue weighted by Gasteiger charge is 1.99. The molecular weight excluding hydrogens is 204 g/mol. The Morgan fingerprint density at radius 2 is 2.13 bits per heavy atom. The zero-order chi connectivity index (χ0) is 11.1. The van der Waals surface area contributed by atoms with Gasteiger partial charge in [0.05, 0.1) is 0 Å². The minimum absolute atomic E-state index is 0.583. The lowest BCUT2D eigenvalue weighted by molar-refractivity contribution is 1.07. The van der Waals surface area contributed by atoms with E-state index in [1.165, 1.54) is 0 Å². The first-order chi connectivity index (χ1) is 7.40. The molecule has 2 aromatic rings. The Bertz CT molecular complexity index is 418. The van der Waals surface area contributed by atoms with Gasteiger partial charge in [-0.25, -0.2) is 4.98 Å². The highest BCUT2D eigenvalue weighted by atomic mass is 32.1. The first-order valence-electron chi connectivity index (χ1n) is 4.42. The summed E-state index contributed by atoms with van der Waals surface area (Å²) in [6, 6.07) is 8.17. The van der Waals surface area contributed by atoms with Gasteiger partial charge in [0, 0.05) is 23.7 Å². The molecular formula is C12H12N2S. The summed E-state index contributed by atoms with van der Waals surface area (Å²) >= 11 is 1.64. The molecule has 1 heterocycles. The fraction of sp³-hybridized carbons (Fsp3) is 0.0833. The minimum Gasteiger partial charge on any atom is -0.326 e. The van der Waals surface area contributed by atoms with Crippen LogP contribution in [0.5, 0.6) is 0 Å². The standard InChI is InChI=1S/C10H10N2S.C2H2/c11-7-8-2-1-3-9(6-8)10-12-4-5-13-10;1-2/h1-6H,7,11H2;1-2H. The van der Waals surface area contributed by atoms with Crippen molar-refractivity contribution in [2.24, 2.45) is 5.73 Å². The summed E-state index contributed by atoms with van der Waals surface area (Å²) in [4.78, 5) is 4.24. The van der Waals surface area contributed by atoms with Gasteiger partial charge in [-0.1, -0.05) is 18.2 Å². The number of hydrogen-bond donors (Lipinski definition) is 1. The fourth-order valence-electron chi connectivity index (χ4n) is 1.20. The van der Waals surface area contributed by atoms with E-state index >= 15 is 0 Å². The molecule has 0 spiro atoms. The number of nitrogens with zero attached hydrogens (tertiary/aromatic N) is 1. The number of benzene rings is 1. The molecule has 2 rings (SSSR count). The maximum atomic E-state index is 5.56. The van der Waals surface area contributed by atoms with Gasteiger partial charge >= 0.3 is 0 Å². The fourth-order valence-corrected chi connectivity index (χ4v) is 1.83. The van der Waals surface area contributed by atoms with E-state index in [9.17, 15) is 0 Å². The third kappa shape index (κ3) is 2.91. The smallest absolute Gasteiger partial charge is 0.123 e. The van der Waals surface area contributed by atoms with Crippen molar-refractivity contribution in [3.05, 3.63) is 41.4 Å². The summed E-state index contributed by atoms with van der Waals surface area (Å²) in [6.07, 6.45) is 9.81. The molecule has 76 valence electrons. The average molecular weight is 216 g/mol. The largest absolute Gasteiger partial charge is 0.326 e. The number of terminal acetylenes is 1. The molecule has 1 aromatic heterocycles. The van der Waals surface area contributed by atoms with E-state index in [0.717, 1.165) is 16.1 Å². The van der Waals surface area contributed by atoms with Crippen LogP contribution in [0.4, 0.5) is 0 Å². The van der Waals surface area contributed by atoms with Gasteiger partial charge in [0.2, 0.25) is 0 Å². The van der Waals surface area contributed by atoms with Crippen molar-refractivity contribution >= 4 is 11.3 Å². The van der Waals surface area contributed by atoms with Crippen molar-refractivity contribution < 1.29 is 0 Å². The predicted octanol–water partition coefficient (Wildman–Crippen LogP) is 2.52. The van der Waals surface area contributed by atoms with Crippen molar-refractivity contribution in [2.75, 3.05) is 0 Å². The van der Waals surface area contributed by atoms with Crippen molar-refractivity contribution in [3.8, 4) is 23.4 Å². The quantitative estimate of drug-likeness (QED) is 0.783. The molecule has 0 aliphatic carbocycles. The third-order valence-corrected chi connectivity index (χ3v) is 2.66. The molecule has 0 atom stereocenters. The highest BCUT2D eigenvalue weighted by Crippen LogP contribution is 2.22. The van der Waals surface area contributed by atoms with E-state index in [4.69, 9.17) is 5.73 Å². The maximum absolute atomic E-state index is 5.56. The summed E-state index contributed by atoms with van der Waals surface area (Å²) in [5, 5.41) is 3.03. The van der Waals surface area contributed by atoms with Gasteiger partial charge < -0.3 is 5.73 Å². The molecule has 0 aliphatic heterocycles. The van der Waals surface area contributed by atoms with Crippen LogP contribution in [-0.4, -0.2) is 4.98 Å². The molecule has 0 aliphatic rings. The van der Waals surface area contributed by atoms with Crippen LogP contribution in [0.15, 0.2) is 35.8 Å². The van der Waals surface area contributed by atoms with Crippen molar-refractivity contribution in [1.82, 2.24) is 4.98 Å². The third-order valence-electron chi connectivity index (χ3n) is 1.84. The van der Waals surface area contributed by atoms with Crippen LogP contribution in [0.3, 0.4) is 0 Å². The Hall–Kier alpha value is -1.63. The van der Waals surface area contributed by atoms with Crippen molar-refractivity contribution in [3.63, 3.8) is 0 Å². The van der Waals surface area contributed by atoms with Crippen LogP contribution < -0.4 is 5.73 Å². The molecule has 0 unspecified atom stereocenters. The van der Waals surface area contributed by atoms with E-state index in [1.807, 2.05) is 23.7 Å². The van der Waals surface area contributed by atoms with Crippen LogP contribution in [0.1, 0.15) is 5.56 Å². The molecule has 0 saturated carbocycles. The lowest BCUT2D eigenvalue weighted by atomic mass is 10.1. The van der Waals surface area contributed by atoms with Gasteiger partial charge in [0.25, 0.3) is 0 Å². The summed E-state index contributed by atoms with van der Waals surface area (Å²) in [6.45, 7) is 0.583. The lowest BCUT2D eigenvalue weighted by Crippen LogP contribution is -1.95. The van der Waals surface area contributed by atoms with E-state index < -0.39 is 0 Å². The molecule has 0 amide bonds. The summed E-state index contributed by atoms with van der Waals surface area (Å²) in [7, 11) is 0. The Kier molecular flexibility index (Phi) is 4.55. The normalized spacial score (nSPS) is 9.00. The Morgan fingerprint density at radius 1 is 1.33 bits per heavy atom. The second-order valence-corrected chi connectivity index (χ2v) is 3.64. The zero-order valence-corrected chi connectivity index (χ0v) is 9.08. The Labute approximate surface area is 93.8 Å². The first-order valence-corrected chi connectivity index (χ1v) is 5.30. The second kappa shape index (κ2) is 5.97. The van der Waals surface area contributed by atoms with Gasteiger partial charge in [0.15, 0.2) is 0 Å². The summed E-state index contributed by atoms with van der Waals surface area (Å²) in [5.74, 6) is 0. The number of aromatic nitrogens is 1. The van der Waals surface area contributed by atoms with E-state index in [-0.39, 0.29) is 0 Å². The average Bonchev–Trinajstić information content (AvgIpc) is 2.85. The number of hydrogen-bond acceptors (Lipinski definition) is 3.